The molecular formula is C44H74NO8P. The molecule has 0 fully saturated rings. The average molecular weight is 776 g/mol. The fraction of sp³-hybridized carbons (Fsp3) is 0.636. The van der Waals surface area contributed by atoms with Gasteiger partial charge in [-0.2, -0.15) is 0 Å². The van der Waals surface area contributed by atoms with Crippen molar-refractivity contribution in [3.05, 3.63) is 85.1 Å². The van der Waals surface area contributed by atoms with Crippen molar-refractivity contribution < 1.29 is 42.1 Å². The lowest BCUT2D eigenvalue weighted by molar-refractivity contribution is -0.870. The number of unbranched alkanes of at least 4 members (excludes halogenated alkanes) is 7. The Kier molecular flexibility index (Phi) is 34.0. The van der Waals surface area contributed by atoms with Gasteiger partial charge in [0.05, 0.1) is 27.7 Å². The number of phosphoric ester groups is 1. The number of nitrogens with zero attached hydrogens (tertiary/aromatic N) is 1. The minimum atomic E-state index is -4.64. The van der Waals surface area contributed by atoms with Crippen molar-refractivity contribution in [2.24, 2.45) is 0 Å². The van der Waals surface area contributed by atoms with Crippen molar-refractivity contribution in [2.45, 2.75) is 136 Å². The van der Waals surface area contributed by atoms with Crippen molar-refractivity contribution in [1.82, 2.24) is 0 Å². The number of hydrogen-bond acceptors (Lipinski definition) is 8. The molecule has 0 amide bonds. The van der Waals surface area contributed by atoms with Gasteiger partial charge >= 0.3 is 11.9 Å². The smallest absolute Gasteiger partial charge is 0.306 e. The van der Waals surface area contributed by atoms with Crippen LogP contribution in [-0.2, 0) is 32.7 Å². The van der Waals surface area contributed by atoms with Crippen LogP contribution < -0.4 is 4.89 Å². The summed E-state index contributed by atoms with van der Waals surface area (Å²) in [5.74, 6) is -0.909. The zero-order valence-electron chi connectivity index (χ0n) is 34.4. The Balaban J connectivity index is 4.52. The van der Waals surface area contributed by atoms with Gasteiger partial charge in [0.1, 0.15) is 19.8 Å². The van der Waals surface area contributed by atoms with E-state index in [9.17, 15) is 19.0 Å². The van der Waals surface area contributed by atoms with E-state index in [1.807, 2.05) is 21.1 Å². The standard InChI is InChI=1S/C44H74NO8P/c1-6-8-10-12-14-16-18-20-21-22-23-25-27-29-31-33-35-37-44(47)53-42(41-52-54(48,49)51-39-38-45(3,4)5)40-50-43(46)36-34-32-30-28-26-24-19-17-15-13-11-9-7-2/h8-11,14-17,20-21,23-26,42H,6-7,12-13,18-19,22,27-41H2,1-5H3/b10-8-,11-9-,16-14-,17-15-,21-20-,25-23-,26-24-. The van der Waals surface area contributed by atoms with Crippen molar-refractivity contribution in [3.8, 4) is 0 Å². The summed E-state index contributed by atoms with van der Waals surface area (Å²) >= 11 is 0. The highest BCUT2D eigenvalue weighted by Crippen LogP contribution is 2.38. The highest BCUT2D eigenvalue weighted by atomic mass is 31.2. The van der Waals surface area contributed by atoms with Crippen LogP contribution in [0, 0.1) is 0 Å². The summed E-state index contributed by atoms with van der Waals surface area (Å²) in [4.78, 5) is 37.4. The summed E-state index contributed by atoms with van der Waals surface area (Å²) in [7, 11) is 1.11. The Morgan fingerprint density at radius 2 is 1.00 bits per heavy atom. The number of quaternary nitrogens is 1. The molecule has 0 aromatic heterocycles. The molecule has 0 aliphatic carbocycles. The Bertz CT molecular complexity index is 1200. The van der Waals surface area contributed by atoms with Gasteiger partial charge in [-0.15, -0.1) is 0 Å². The maximum absolute atomic E-state index is 12.6. The molecule has 0 rings (SSSR count). The molecule has 0 saturated heterocycles. The van der Waals surface area contributed by atoms with Crippen LogP contribution in [0.3, 0.4) is 0 Å². The van der Waals surface area contributed by atoms with E-state index >= 15 is 0 Å². The maximum atomic E-state index is 12.6. The summed E-state index contributed by atoms with van der Waals surface area (Å²) < 4.78 is 33.7. The fourth-order valence-corrected chi connectivity index (χ4v) is 5.50. The second-order valence-corrected chi connectivity index (χ2v) is 15.6. The highest BCUT2D eigenvalue weighted by Gasteiger charge is 2.21. The predicted molar refractivity (Wildman–Crippen MR) is 222 cm³/mol. The summed E-state index contributed by atoms with van der Waals surface area (Å²) in [5.41, 5.74) is 0. The molecule has 2 unspecified atom stereocenters. The van der Waals surface area contributed by atoms with Crippen LogP contribution in [0.2, 0.25) is 0 Å². The quantitative estimate of drug-likeness (QED) is 0.0206. The molecule has 0 aliphatic rings. The summed E-state index contributed by atoms with van der Waals surface area (Å²) in [6, 6.07) is 0. The number of carbonyl (C=O) groups excluding carboxylic acids is 2. The van der Waals surface area contributed by atoms with Crippen LogP contribution in [0.4, 0.5) is 0 Å². The second kappa shape index (κ2) is 35.9. The minimum Gasteiger partial charge on any atom is -0.756 e. The van der Waals surface area contributed by atoms with Crippen molar-refractivity contribution in [3.63, 3.8) is 0 Å². The van der Waals surface area contributed by atoms with Gasteiger partial charge in [0.2, 0.25) is 0 Å². The normalized spacial score (nSPS) is 14.6. The highest BCUT2D eigenvalue weighted by molar-refractivity contribution is 7.45. The molecule has 2 atom stereocenters. The Hall–Kier alpha value is -2.81. The zero-order chi connectivity index (χ0) is 40.0. The van der Waals surface area contributed by atoms with Gasteiger partial charge in [-0.05, 0) is 83.5 Å². The number of esters is 2. The molecule has 0 aromatic rings. The van der Waals surface area contributed by atoms with E-state index in [0.717, 1.165) is 89.9 Å². The zero-order valence-corrected chi connectivity index (χ0v) is 35.3. The Morgan fingerprint density at radius 1 is 0.574 bits per heavy atom. The van der Waals surface area contributed by atoms with Crippen molar-refractivity contribution in [1.29, 1.82) is 0 Å². The van der Waals surface area contributed by atoms with Crippen LogP contribution in [0.1, 0.15) is 129 Å². The number of rotatable bonds is 35. The molecule has 0 N–H and O–H groups in total. The first-order valence-corrected chi connectivity index (χ1v) is 21.8. The van der Waals surface area contributed by atoms with E-state index in [2.05, 4.69) is 98.9 Å². The predicted octanol–water partition coefficient (Wildman–Crippen LogP) is 10.6. The molecule has 0 bridgehead atoms. The molecule has 0 saturated carbocycles. The number of likely N-dealkylation sites (N-methyl/N-ethyl adjacent to an activating group) is 1. The number of hydrogen-bond donors (Lipinski definition) is 0. The molecule has 54 heavy (non-hydrogen) atoms. The lowest BCUT2D eigenvalue weighted by Gasteiger charge is -2.28. The van der Waals surface area contributed by atoms with Gasteiger partial charge in [0, 0.05) is 12.8 Å². The molecular weight excluding hydrogens is 701 g/mol. The first kappa shape index (κ1) is 51.2. The molecule has 9 nitrogen and oxygen atoms in total. The fourth-order valence-electron chi connectivity index (χ4n) is 4.77. The number of ether oxygens (including phenoxy) is 2. The molecule has 308 valence electrons. The third-order valence-electron chi connectivity index (χ3n) is 7.91. The van der Waals surface area contributed by atoms with Crippen LogP contribution in [0.15, 0.2) is 85.1 Å². The lowest BCUT2D eigenvalue weighted by atomic mass is 10.1. The summed E-state index contributed by atoms with van der Waals surface area (Å²) in [6.07, 6.45) is 44.7. The Labute approximate surface area is 329 Å². The second-order valence-electron chi connectivity index (χ2n) is 14.2. The monoisotopic (exact) mass is 776 g/mol. The molecule has 0 radical (unpaired) electrons. The molecule has 10 heteroatoms. The SMILES string of the molecule is CC/C=C\C/C=C\C/C=C\C/C=C\CCCCCCC(=O)OC(COC(=O)CCCCC/C=C\C/C=C\C/C=C\CC)COP(=O)([O-])OCC[N+](C)(C)C. The van der Waals surface area contributed by atoms with E-state index in [-0.39, 0.29) is 26.1 Å². The Morgan fingerprint density at radius 3 is 1.48 bits per heavy atom. The third kappa shape index (κ3) is 38.9. The summed E-state index contributed by atoms with van der Waals surface area (Å²) in [6.45, 7) is 3.90. The van der Waals surface area contributed by atoms with Crippen molar-refractivity contribution in [2.75, 3.05) is 47.5 Å². The number of phosphoric acid groups is 1. The topological polar surface area (TPSA) is 111 Å². The summed E-state index contributed by atoms with van der Waals surface area (Å²) in [5, 5.41) is 0. The van der Waals surface area contributed by atoms with Gasteiger partial charge in [0.25, 0.3) is 7.82 Å². The van der Waals surface area contributed by atoms with E-state index in [0.29, 0.717) is 23.9 Å². The third-order valence-corrected chi connectivity index (χ3v) is 8.87. The van der Waals surface area contributed by atoms with Crippen LogP contribution in [0.25, 0.3) is 0 Å². The average Bonchev–Trinajstić information content (AvgIpc) is 3.12. The van der Waals surface area contributed by atoms with Gasteiger partial charge in [-0.1, -0.05) is 118 Å². The largest absolute Gasteiger partial charge is 0.756 e. The van der Waals surface area contributed by atoms with Crippen LogP contribution in [-0.4, -0.2) is 70.0 Å². The lowest BCUT2D eigenvalue weighted by Crippen LogP contribution is -2.37. The minimum absolute atomic E-state index is 0.0459. The first-order chi connectivity index (χ1) is 26.0. The molecule has 0 spiro atoms. The van der Waals surface area contributed by atoms with E-state index in [4.69, 9.17) is 18.5 Å². The van der Waals surface area contributed by atoms with Gasteiger partial charge in [-0.3, -0.25) is 14.2 Å². The maximum Gasteiger partial charge on any atom is 0.306 e. The van der Waals surface area contributed by atoms with Crippen molar-refractivity contribution >= 4 is 19.8 Å². The van der Waals surface area contributed by atoms with E-state index < -0.39 is 32.5 Å². The van der Waals surface area contributed by atoms with Crippen LogP contribution >= 0.6 is 7.82 Å². The van der Waals surface area contributed by atoms with Gasteiger partial charge < -0.3 is 27.9 Å². The van der Waals surface area contributed by atoms with Crippen LogP contribution in [0.5, 0.6) is 0 Å². The number of allylic oxidation sites excluding steroid dienone is 14. The van der Waals surface area contributed by atoms with E-state index in [1.54, 1.807) is 0 Å². The molecule has 0 aliphatic heterocycles. The number of carbonyl (C=O) groups is 2. The molecule has 0 heterocycles. The molecule has 0 aromatic carbocycles. The first-order valence-electron chi connectivity index (χ1n) is 20.3. The van der Waals surface area contributed by atoms with E-state index in [1.165, 1.54) is 0 Å². The van der Waals surface area contributed by atoms with Gasteiger partial charge in [-0.25, -0.2) is 0 Å². The van der Waals surface area contributed by atoms with Gasteiger partial charge in [0.15, 0.2) is 6.10 Å².